The minimum absolute atomic E-state index is 0.0609. The number of furan rings is 1. The molecule has 3 rings (SSSR count). The predicted octanol–water partition coefficient (Wildman–Crippen LogP) is 3.42. The molecule has 0 aliphatic heterocycles. The van der Waals surface area contributed by atoms with E-state index in [1.165, 1.54) is 6.07 Å². The summed E-state index contributed by atoms with van der Waals surface area (Å²) in [6, 6.07) is 8.89. The summed E-state index contributed by atoms with van der Waals surface area (Å²) in [4.78, 5) is 23.9. The molecular formula is C20H23NO5. The Labute approximate surface area is 152 Å². The summed E-state index contributed by atoms with van der Waals surface area (Å²) in [6.07, 6.45) is 3.55. The Morgan fingerprint density at radius 3 is 2.58 bits per heavy atom. The number of methoxy groups -OCH3 is 1. The fourth-order valence-corrected chi connectivity index (χ4v) is 3.67. The molecule has 6 heteroatoms. The van der Waals surface area contributed by atoms with Crippen LogP contribution in [-0.2, 0) is 16.8 Å². The molecule has 0 bridgehead atoms. The molecule has 1 heterocycles. The molecule has 6 nitrogen and oxygen atoms in total. The Hall–Kier alpha value is -2.76. The maximum absolute atomic E-state index is 13.1. The van der Waals surface area contributed by atoms with E-state index in [-0.39, 0.29) is 18.2 Å². The van der Waals surface area contributed by atoms with Crippen LogP contribution < -0.4 is 10.1 Å². The fraction of sp³-hybridized carbons (Fsp3) is 0.400. The summed E-state index contributed by atoms with van der Waals surface area (Å²) >= 11 is 0. The number of nitrogens with one attached hydrogen (secondary N) is 1. The molecule has 1 aliphatic carbocycles. The Kier molecular flexibility index (Phi) is 5.02. The minimum Gasteiger partial charge on any atom is -0.496 e. The van der Waals surface area contributed by atoms with Gasteiger partial charge in [0.15, 0.2) is 0 Å². The van der Waals surface area contributed by atoms with E-state index in [0.29, 0.717) is 5.76 Å². The third-order valence-electron chi connectivity index (χ3n) is 5.15. The van der Waals surface area contributed by atoms with Crippen LogP contribution in [0.15, 0.2) is 34.7 Å². The minimum atomic E-state index is -1.12. The van der Waals surface area contributed by atoms with Gasteiger partial charge < -0.3 is 19.6 Å². The monoisotopic (exact) mass is 357 g/mol. The van der Waals surface area contributed by atoms with Crippen molar-refractivity contribution in [1.82, 2.24) is 5.32 Å². The summed E-state index contributed by atoms with van der Waals surface area (Å²) in [5.74, 6) is -0.118. The van der Waals surface area contributed by atoms with Crippen molar-refractivity contribution in [2.24, 2.45) is 0 Å². The number of aryl methyl sites for hydroxylation is 1. The van der Waals surface area contributed by atoms with Crippen molar-refractivity contribution in [3.05, 3.63) is 53.0 Å². The molecule has 1 saturated carbocycles. The highest BCUT2D eigenvalue weighted by molar-refractivity contribution is 5.89. The Morgan fingerprint density at radius 2 is 1.96 bits per heavy atom. The largest absolute Gasteiger partial charge is 0.496 e. The van der Waals surface area contributed by atoms with Gasteiger partial charge in [-0.3, -0.25) is 4.79 Å². The van der Waals surface area contributed by atoms with E-state index < -0.39 is 11.4 Å². The van der Waals surface area contributed by atoms with Crippen molar-refractivity contribution in [2.45, 2.75) is 44.6 Å². The second-order valence-electron chi connectivity index (χ2n) is 6.73. The zero-order chi connectivity index (χ0) is 18.7. The lowest BCUT2D eigenvalue weighted by Crippen LogP contribution is -2.42. The number of rotatable bonds is 6. The normalized spacial score (nSPS) is 15.6. The molecule has 1 aromatic heterocycles. The first-order valence-electron chi connectivity index (χ1n) is 8.72. The molecule has 0 radical (unpaired) electrons. The molecule has 1 fully saturated rings. The Bertz CT molecular complexity index is 817. The van der Waals surface area contributed by atoms with E-state index in [4.69, 9.17) is 14.3 Å². The number of hydrogen-bond donors (Lipinski definition) is 2. The van der Waals surface area contributed by atoms with Crippen molar-refractivity contribution in [3.8, 4) is 5.75 Å². The summed E-state index contributed by atoms with van der Waals surface area (Å²) in [5, 5.41) is 11.8. The molecule has 0 atom stereocenters. The molecule has 26 heavy (non-hydrogen) atoms. The Morgan fingerprint density at radius 1 is 1.23 bits per heavy atom. The third-order valence-corrected chi connectivity index (χ3v) is 5.15. The van der Waals surface area contributed by atoms with Gasteiger partial charge in [0.1, 0.15) is 11.5 Å². The van der Waals surface area contributed by atoms with E-state index in [0.717, 1.165) is 42.6 Å². The summed E-state index contributed by atoms with van der Waals surface area (Å²) < 4.78 is 10.6. The summed E-state index contributed by atoms with van der Waals surface area (Å²) in [7, 11) is 1.63. The van der Waals surface area contributed by atoms with Crippen LogP contribution in [0, 0.1) is 6.92 Å². The summed E-state index contributed by atoms with van der Waals surface area (Å²) in [6.45, 7) is 2.14. The third kappa shape index (κ3) is 3.31. The first-order valence-corrected chi connectivity index (χ1v) is 8.72. The number of carboxylic acid groups (broad SMARTS) is 1. The van der Waals surface area contributed by atoms with Crippen molar-refractivity contribution < 1.29 is 23.8 Å². The molecule has 138 valence electrons. The van der Waals surface area contributed by atoms with Gasteiger partial charge in [0.2, 0.25) is 11.7 Å². The van der Waals surface area contributed by atoms with Gasteiger partial charge in [0, 0.05) is 0 Å². The Balaban J connectivity index is 1.80. The molecule has 1 aliphatic rings. The average molecular weight is 357 g/mol. The van der Waals surface area contributed by atoms with Gasteiger partial charge in [0.25, 0.3) is 0 Å². The molecule has 0 unspecified atom stereocenters. The molecule has 1 amide bonds. The summed E-state index contributed by atoms with van der Waals surface area (Å²) in [5.41, 5.74) is 1.41. The van der Waals surface area contributed by atoms with Gasteiger partial charge in [-0.05, 0) is 49.1 Å². The number of carbonyl (C=O) groups excluding carboxylic acids is 1. The predicted molar refractivity (Wildman–Crippen MR) is 95.4 cm³/mol. The van der Waals surface area contributed by atoms with Crippen LogP contribution in [0.5, 0.6) is 5.75 Å². The van der Waals surface area contributed by atoms with Gasteiger partial charge in [-0.1, -0.05) is 25.0 Å². The number of hydrogen-bond acceptors (Lipinski definition) is 4. The van der Waals surface area contributed by atoms with Crippen LogP contribution in [-0.4, -0.2) is 24.1 Å². The van der Waals surface area contributed by atoms with Gasteiger partial charge in [-0.2, -0.15) is 0 Å². The standard InChI is InChI=1S/C20H23NO5/c1-13-5-6-14(11-17(13)25-2)20(9-3-4-10-20)19(24)21-12-15-7-8-16(26-15)18(22)23/h5-8,11H,3-4,9-10,12H2,1-2H3,(H,21,24)(H,22,23). The number of benzene rings is 1. The van der Waals surface area contributed by atoms with E-state index in [1.807, 2.05) is 25.1 Å². The number of amides is 1. The fourth-order valence-electron chi connectivity index (χ4n) is 3.67. The van der Waals surface area contributed by atoms with Crippen LogP contribution >= 0.6 is 0 Å². The lowest BCUT2D eigenvalue weighted by Gasteiger charge is -2.29. The molecule has 0 saturated heterocycles. The lowest BCUT2D eigenvalue weighted by molar-refractivity contribution is -0.126. The molecule has 2 N–H and O–H groups in total. The average Bonchev–Trinajstić information content (AvgIpc) is 3.30. The van der Waals surface area contributed by atoms with Gasteiger partial charge in [-0.25, -0.2) is 4.79 Å². The molecule has 2 aromatic rings. The maximum atomic E-state index is 13.1. The highest BCUT2D eigenvalue weighted by Crippen LogP contribution is 2.42. The van der Waals surface area contributed by atoms with Crippen molar-refractivity contribution in [3.63, 3.8) is 0 Å². The first-order chi connectivity index (χ1) is 12.5. The lowest BCUT2D eigenvalue weighted by atomic mass is 9.77. The number of ether oxygens (including phenoxy) is 1. The van der Waals surface area contributed by atoms with Crippen LogP contribution in [0.3, 0.4) is 0 Å². The van der Waals surface area contributed by atoms with Crippen molar-refractivity contribution >= 4 is 11.9 Å². The first kappa shape index (κ1) is 18.0. The SMILES string of the molecule is COc1cc(C2(C(=O)NCc3ccc(C(=O)O)o3)CCCC2)ccc1C. The second kappa shape index (κ2) is 7.23. The van der Waals surface area contributed by atoms with Gasteiger partial charge in [-0.15, -0.1) is 0 Å². The molecule has 1 aromatic carbocycles. The smallest absolute Gasteiger partial charge is 0.371 e. The van der Waals surface area contributed by atoms with Gasteiger partial charge in [0.05, 0.1) is 19.1 Å². The van der Waals surface area contributed by atoms with Crippen LogP contribution in [0.2, 0.25) is 0 Å². The zero-order valence-corrected chi connectivity index (χ0v) is 15.0. The molecular weight excluding hydrogens is 334 g/mol. The molecule has 0 spiro atoms. The second-order valence-corrected chi connectivity index (χ2v) is 6.73. The maximum Gasteiger partial charge on any atom is 0.371 e. The number of aromatic carboxylic acids is 1. The number of carbonyl (C=O) groups is 2. The van der Waals surface area contributed by atoms with E-state index in [1.54, 1.807) is 13.2 Å². The van der Waals surface area contributed by atoms with Crippen LogP contribution in [0.4, 0.5) is 0 Å². The highest BCUT2D eigenvalue weighted by atomic mass is 16.5. The highest BCUT2D eigenvalue weighted by Gasteiger charge is 2.42. The quantitative estimate of drug-likeness (QED) is 0.827. The van der Waals surface area contributed by atoms with E-state index in [2.05, 4.69) is 5.32 Å². The topological polar surface area (TPSA) is 88.8 Å². The van der Waals surface area contributed by atoms with E-state index >= 15 is 0 Å². The zero-order valence-electron chi connectivity index (χ0n) is 15.0. The van der Waals surface area contributed by atoms with E-state index in [9.17, 15) is 9.59 Å². The number of carboxylic acids is 1. The van der Waals surface area contributed by atoms with Crippen LogP contribution in [0.1, 0.15) is 53.1 Å². The van der Waals surface area contributed by atoms with Crippen LogP contribution in [0.25, 0.3) is 0 Å². The van der Waals surface area contributed by atoms with Gasteiger partial charge >= 0.3 is 5.97 Å². The van der Waals surface area contributed by atoms with Crippen molar-refractivity contribution in [1.29, 1.82) is 0 Å². The van der Waals surface area contributed by atoms with Crippen molar-refractivity contribution in [2.75, 3.05) is 7.11 Å².